The SMILES string of the molecule is CN=C(NCCc1nc(C)c(C)s1)NCC(=O)OC(C)(C)C. The largest absolute Gasteiger partial charge is 0.459 e. The normalized spacial score (nSPS) is 12.2. The van der Waals surface area contributed by atoms with Crippen LogP contribution in [0.2, 0.25) is 0 Å². The topological polar surface area (TPSA) is 75.6 Å². The molecule has 0 atom stereocenters. The van der Waals surface area contributed by atoms with E-state index in [0.29, 0.717) is 12.5 Å². The van der Waals surface area contributed by atoms with Crippen molar-refractivity contribution in [2.45, 2.75) is 46.6 Å². The molecule has 0 unspecified atom stereocenters. The third-order valence-corrected chi connectivity index (χ3v) is 3.88. The van der Waals surface area contributed by atoms with Crippen LogP contribution in [0.3, 0.4) is 0 Å². The highest BCUT2D eigenvalue weighted by Gasteiger charge is 2.16. The molecule has 22 heavy (non-hydrogen) atoms. The zero-order valence-corrected chi connectivity index (χ0v) is 15.1. The first kappa shape index (κ1) is 18.4. The van der Waals surface area contributed by atoms with Gasteiger partial charge >= 0.3 is 5.97 Å². The average Bonchev–Trinajstić information content (AvgIpc) is 2.70. The summed E-state index contributed by atoms with van der Waals surface area (Å²) in [6.07, 6.45) is 0.826. The Kier molecular flexibility index (Phi) is 6.80. The Labute approximate surface area is 136 Å². The minimum absolute atomic E-state index is 0.0897. The summed E-state index contributed by atoms with van der Waals surface area (Å²) in [6.45, 7) is 10.4. The zero-order chi connectivity index (χ0) is 16.8. The third kappa shape index (κ3) is 6.89. The quantitative estimate of drug-likeness (QED) is 0.490. The predicted octanol–water partition coefficient (Wildman–Crippen LogP) is 1.81. The number of aliphatic imine (C=N–C) groups is 1. The molecule has 0 amide bonds. The van der Waals surface area contributed by atoms with E-state index >= 15 is 0 Å². The molecule has 1 rings (SSSR count). The van der Waals surface area contributed by atoms with E-state index in [1.54, 1.807) is 18.4 Å². The van der Waals surface area contributed by atoms with Gasteiger partial charge in [0.15, 0.2) is 5.96 Å². The molecule has 7 heteroatoms. The second kappa shape index (κ2) is 8.12. The summed E-state index contributed by atoms with van der Waals surface area (Å²) in [5.41, 5.74) is 0.614. The Morgan fingerprint density at radius 2 is 2.00 bits per heavy atom. The summed E-state index contributed by atoms with van der Waals surface area (Å²) in [6, 6.07) is 0. The number of hydrogen-bond donors (Lipinski definition) is 2. The lowest BCUT2D eigenvalue weighted by Crippen LogP contribution is -2.42. The van der Waals surface area contributed by atoms with Crippen LogP contribution in [-0.4, -0.2) is 42.7 Å². The van der Waals surface area contributed by atoms with Gasteiger partial charge in [-0.05, 0) is 34.6 Å². The number of carbonyl (C=O) groups excluding carboxylic acids is 1. The van der Waals surface area contributed by atoms with Gasteiger partial charge in [0.05, 0.1) is 10.7 Å². The number of esters is 1. The number of rotatable bonds is 5. The number of aryl methyl sites for hydroxylation is 2. The number of nitrogens with one attached hydrogen (secondary N) is 2. The highest BCUT2D eigenvalue weighted by molar-refractivity contribution is 7.11. The number of carbonyl (C=O) groups is 1. The molecule has 2 N–H and O–H groups in total. The van der Waals surface area contributed by atoms with Gasteiger partial charge in [-0.3, -0.25) is 9.79 Å². The average molecular weight is 326 g/mol. The molecule has 6 nitrogen and oxygen atoms in total. The summed E-state index contributed by atoms with van der Waals surface area (Å²) >= 11 is 1.71. The monoisotopic (exact) mass is 326 g/mol. The number of nitrogens with zero attached hydrogens (tertiary/aromatic N) is 2. The lowest BCUT2D eigenvalue weighted by molar-refractivity contribution is -0.153. The van der Waals surface area contributed by atoms with Gasteiger partial charge in [-0.2, -0.15) is 0 Å². The molecule has 0 aliphatic heterocycles. The molecule has 0 radical (unpaired) electrons. The lowest BCUT2D eigenvalue weighted by atomic mass is 10.2. The fraction of sp³-hybridized carbons (Fsp3) is 0.667. The summed E-state index contributed by atoms with van der Waals surface area (Å²) in [5, 5.41) is 7.21. The van der Waals surface area contributed by atoms with Crippen LogP contribution in [0.15, 0.2) is 4.99 Å². The van der Waals surface area contributed by atoms with Crippen molar-refractivity contribution < 1.29 is 9.53 Å². The Bertz CT molecular complexity index is 513. The van der Waals surface area contributed by atoms with Gasteiger partial charge in [-0.15, -0.1) is 11.3 Å². The number of aromatic nitrogens is 1. The van der Waals surface area contributed by atoms with E-state index in [2.05, 4.69) is 27.5 Å². The molecule has 1 heterocycles. The van der Waals surface area contributed by atoms with Crippen molar-refractivity contribution in [2.24, 2.45) is 4.99 Å². The molecule has 1 aromatic rings. The van der Waals surface area contributed by atoms with Crippen LogP contribution in [0.4, 0.5) is 0 Å². The van der Waals surface area contributed by atoms with Gasteiger partial charge in [0.2, 0.25) is 0 Å². The maximum Gasteiger partial charge on any atom is 0.325 e. The van der Waals surface area contributed by atoms with Crippen LogP contribution in [0.5, 0.6) is 0 Å². The number of guanidine groups is 1. The number of ether oxygens (including phenoxy) is 1. The highest BCUT2D eigenvalue weighted by atomic mass is 32.1. The van der Waals surface area contributed by atoms with Crippen LogP contribution < -0.4 is 10.6 Å². The molecular formula is C15H26N4O2S. The van der Waals surface area contributed by atoms with Crippen molar-refractivity contribution in [3.05, 3.63) is 15.6 Å². The highest BCUT2D eigenvalue weighted by Crippen LogP contribution is 2.16. The van der Waals surface area contributed by atoms with Gasteiger partial charge in [-0.1, -0.05) is 0 Å². The van der Waals surface area contributed by atoms with Crippen LogP contribution in [0.25, 0.3) is 0 Å². The fourth-order valence-electron chi connectivity index (χ4n) is 1.69. The molecule has 0 spiro atoms. The van der Waals surface area contributed by atoms with Crippen LogP contribution >= 0.6 is 11.3 Å². The van der Waals surface area contributed by atoms with Crippen molar-refractivity contribution >= 4 is 23.3 Å². The maximum absolute atomic E-state index is 11.6. The molecule has 0 bridgehead atoms. The van der Waals surface area contributed by atoms with E-state index < -0.39 is 5.60 Å². The number of thiazole rings is 1. The van der Waals surface area contributed by atoms with Crippen molar-refractivity contribution in [3.63, 3.8) is 0 Å². The maximum atomic E-state index is 11.6. The molecule has 0 aliphatic rings. The summed E-state index contributed by atoms with van der Waals surface area (Å²) < 4.78 is 5.23. The van der Waals surface area contributed by atoms with E-state index in [9.17, 15) is 4.79 Å². The van der Waals surface area contributed by atoms with Crippen LogP contribution in [0.1, 0.15) is 36.3 Å². The van der Waals surface area contributed by atoms with Gasteiger partial charge in [0, 0.05) is 24.9 Å². The fourth-order valence-corrected chi connectivity index (χ4v) is 2.62. The van der Waals surface area contributed by atoms with Crippen LogP contribution in [-0.2, 0) is 16.0 Å². The standard InChI is InChI=1S/C15H26N4O2S/c1-10-11(2)22-12(19-10)7-8-17-14(16-6)18-9-13(20)21-15(3,4)5/h7-9H2,1-6H3,(H2,16,17,18). The summed E-state index contributed by atoms with van der Waals surface area (Å²) in [4.78, 5) is 21.5. The lowest BCUT2D eigenvalue weighted by Gasteiger charge is -2.20. The Balaban J connectivity index is 2.32. The van der Waals surface area contributed by atoms with Crippen molar-refractivity contribution in [3.8, 4) is 0 Å². The number of hydrogen-bond acceptors (Lipinski definition) is 5. The zero-order valence-electron chi connectivity index (χ0n) is 14.2. The Morgan fingerprint density at radius 3 is 2.50 bits per heavy atom. The molecule has 1 aromatic heterocycles. The molecule has 0 saturated carbocycles. The summed E-state index contributed by atoms with van der Waals surface area (Å²) in [7, 11) is 1.67. The molecular weight excluding hydrogens is 300 g/mol. The first-order valence-electron chi connectivity index (χ1n) is 7.30. The van der Waals surface area contributed by atoms with E-state index in [-0.39, 0.29) is 12.5 Å². The minimum Gasteiger partial charge on any atom is -0.459 e. The molecule has 0 aromatic carbocycles. The third-order valence-electron chi connectivity index (χ3n) is 2.75. The first-order chi connectivity index (χ1) is 10.2. The molecule has 0 saturated heterocycles. The summed E-state index contributed by atoms with van der Waals surface area (Å²) in [5.74, 6) is 0.275. The van der Waals surface area contributed by atoms with E-state index in [4.69, 9.17) is 4.74 Å². The second-order valence-corrected chi connectivity index (χ2v) is 7.23. The first-order valence-corrected chi connectivity index (χ1v) is 8.12. The molecule has 0 fully saturated rings. The second-order valence-electron chi connectivity index (χ2n) is 5.94. The van der Waals surface area contributed by atoms with Gasteiger partial charge in [-0.25, -0.2) is 4.98 Å². The van der Waals surface area contributed by atoms with E-state index in [0.717, 1.165) is 17.1 Å². The van der Waals surface area contributed by atoms with Gasteiger partial charge in [0.25, 0.3) is 0 Å². The van der Waals surface area contributed by atoms with E-state index in [1.165, 1.54) is 4.88 Å². The Hall–Kier alpha value is -1.63. The van der Waals surface area contributed by atoms with Crippen LogP contribution in [0, 0.1) is 13.8 Å². The van der Waals surface area contributed by atoms with Crippen molar-refractivity contribution in [2.75, 3.05) is 20.1 Å². The van der Waals surface area contributed by atoms with Gasteiger partial charge < -0.3 is 15.4 Å². The van der Waals surface area contributed by atoms with Gasteiger partial charge in [0.1, 0.15) is 12.1 Å². The Morgan fingerprint density at radius 1 is 1.32 bits per heavy atom. The van der Waals surface area contributed by atoms with Crippen molar-refractivity contribution in [1.82, 2.24) is 15.6 Å². The molecule has 124 valence electrons. The smallest absolute Gasteiger partial charge is 0.325 e. The van der Waals surface area contributed by atoms with Crippen molar-refractivity contribution in [1.29, 1.82) is 0 Å². The minimum atomic E-state index is -0.476. The predicted molar refractivity (Wildman–Crippen MR) is 90.5 cm³/mol. The van der Waals surface area contributed by atoms with E-state index in [1.807, 2.05) is 27.7 Å². The molecule has 0 aliphatic carbocycles.